The van der Waals surface area contributed by atoms with Crippen molar-refractivity contribution in [1.82, 2.24) is 14.9 Å². The van der Waals surface area contributed by atoms with Crippen LogP contribution in [0.3, 0.4) is 0 Å². The molecule has 0 radical (unpaired) electrons. The lowest BCUT2D eigenvalue weighted by molar-refractivity contribution is -0.0694. The van der Waals surface area contributed by atoms with Crippen LogP contribution in [0.5, 0.6) is 0 Å². The van der Waals surface area contributed by atoms with Crippen LogP contribution >= 0.6 is 0 Å². The Kier molecular flexibility index (Phi) is 2.74. The zero-order valence-corrected chi connectivity index (χ0v) is 9.63. The third-order valence-corrected chi connectivity index (χ3v) is 3.48. The highest BCUT2D eigenvalue weighted by Crippen LogP contribution is 2.40. The monoisotopic (exact) mass is 229 g/mol. The molecule has 16 heavy (non-hydrogen) atoms. The molecule has 0 spiro atoms. The van der Waals surface area contributed by atoms with Crippen molar-refractivity contribution < 1.29 is 8.78 Å². The first kappa shape index (κ1) is 11.5. The summed E-state index contributed by atoms with van der Waals surface area (Å²) in [5.74, 6) is -2.50. The van der Waals surface area contributed by atoms with Gasteiger partial charge in [-0.1, -0.05) is 0 Å². The summed E-state index contributed by atoms with van der Waals surface area (Å²) < 4.78 is 28.2. The maximum atomic E-state index is 13.2. The lowest BCUT2D eigenvalue weighted by Gasteiger charge is -2.40. The average molecular weight is 229 g/mol. The summed E-state index contributed by atoms with van der Waals surface area (Å²) in [5.41, 5.74) is 0.523. The summed E-state index contributed by atoms with van der Waals surface area (Å²) in [7, 11) is 1.82. The molecule has 1 aliphatic carbocycles. The molecule has 1 aromatic heterocycles. The van der Waals surface area contributed by atoms with E-state index in [1.165, 1.54) is 0 Å². The zero-order chi connectivity index (χ0) is 11.8. The number of alkyl halides is 2. The maximum Gasteiger partial charge on any atom is 0.248 e. The van der Waals surface area contributed by atoms with Gasteiger partial charge in [0.15, 0.2) is 0 Å². The van der Waals surface area contributed by atoms with Crippen LogP contribution in [0.4, 0.5) is 8.78 Å². The second-order valence-electron chi connectivity index (χ2n) is 4.56. The van der Waals surface area contributed by atoms with Crippen LogP contribution in [0.15, 0.2) is 12.5 Å². The van der Waals surface area contributed by atoms with Gasteiger partial charge in [0, 0.05) is 19.0 Å². The summed E-state index contributed by atoms with van der Waals surface area (Å²) in [5, 5.41) is 3.17. The summed E-state index contributed by atoms with van der Waals surface area (Å²) in [6, 6.07) is 0. The van der Waals surface area contributed by atoms with Gasteiger partial charge in [-0.3, -0.25) is 5.32 Å². The molecule has 0 saturated heterocycles. The number of aromatic nitrogens is 2. The van der Waals surface area contributed by atoms with Crippen LogP contribution < -0.4 is 5.32 Å². The van der Waals surface area contributed by atoms with Gasteiger partial charge in [-0.15, -0.1) is 0 Å². The van der Waals surface area contributed by atoms with E-state index in [-0.39, 0.29) is 18.5 Å². The fourth-order valence-electron chi connectivity index (χ4n) is 2.32. The molecule has 2 rings (SSSR count). The van der Waals surface area contributed by atoms with Crippen molar-refractivity contribution in [2.24, 2.45) is 0 Å². The Morgan fingerprint density at radius 3 is 2.38 bits per heavy atom. The second kappa shape index (κ2) is 3.80. The number of aryl methyl sites for hydroxylation is 1. The van der Waals surface area contributed by atoms with Crippen molar-refractivity contribution in [1.29, 1.82) is 0 Å². The highest BCUT2D eigenvalue weighted by Gasteiger charge is 2.43. The minimum Gasteiger partial charge on any atom is -0.318 e. The minimum absolute atomic E-state index is 0.0644. The van der Waals surface area contributed by atoms with Crippen LogP contribution in [0.2, 0.25) is 0 Å². The van der Waals surface area contributed by atoms with Crippen LogP contribution in [-0.4, -0.2) is 22.5 Å². The Hall–Kier alpha value is -0.970. The molecule has 0 bridgehead atoms. The second-order valence-corrected chi connectivity index (χ2v) is 4.56. The molecule has 5 heteroatoms. The third-order valence-electron chi connectivity index (χ3n) is 3.48. The smallest absolute Gasteiger partial charge is 0.248 e. The molecule has 1 N–H and O–H groups in total. The van der Waals surface area contributed by atoms with Gasteiger partial charge in [0.25, 0.3) is 0 Å². The SMILES string of the molecule is CNC1(n2cnc(C)c2)CCC(F)(F)CC1. The number of nitrogens with zero attached hydrogens (tertiary/aromatic N) is 2. The Morgan fingerprint density at radius 1 is 1.31 bits per heavy atom. The van der Waals surface area contributed by atoms with E-state index in [0.717, 1.165) is 5.69 Å². The first-order chi connectivity index (χ1) is 7.47. The zero-order valence-electron chi connectivity index (χ0n) is 9.63. The van der Waals surface area contributed by atoms with E-state index in [1.54, 1.807) is 6.33 Å². The Morgan fingerprint density at radius 2 is 1.94 bits per heavy atom. The first-order valence-electron chi connectivity index (χ1n) is 5.55. The molecule has 0 amide bonds. The van der Waals surface area contributed by atoms with E-state index in [2.05, 4.69) is 10.3 Å². The van der Waals surface area contributed by atoms with E-state index in [1.807, 2.05) is 24.7 Å². The van der Waals surface area contributed by atoms with E-state index in [9.17, 15) is 8.78 Å². The van der Waals surface area contributed by atoms with Gasteiger partial charge in [-0.05, 0) is 26.8 Å². The predicted molar refractivity (Wildman–Crippen MR) is 57.4 cm³/mol. The van der Waals surface area contributed by atoms with Crippen molar-refractivity contribution in [2.75, 3.05) is 7.05 Å². The highest BCUT2D eigenvalue weighted by molar-refractivity contribution is 5.00. The van der Waals surface area contributed by atoms with E-state index in [4.69, 9.17) is 0 Å². The van der Waals surface area contributed by atoms with Gasteiger partial charge in [0.05, 0.1) is 17.7 Å². The van der Waals surface area contributed by atoms with E-state index >= 15 is 0 Å². The van der Waals surface area contributed by atoms with Gasteiger partial charge in [0.1, 0.15) is 0 Å². The van der Waals surface area contributed by atoms with Gasteiger partial charge < -0.3 is 4.57 Å². The first-order valence-corrected chi connectivity index (χ1v) is 5.55. The van der Waals surface area contributed by atoms with Crippen LogP contribution in [0, 0.1) is 6.92 Å². The maximum absolute atomic E-state index is 13.2. The van der Waals surface area contributed by atoms with Gasteiger partial charge in [-0.25, -0.2) is 13.8 Å². The third kappa shape index (κ3) is 1.96. The number of halogens is 2. The quantitative estimate of drug-likeness (QED) is 0.843. The molecule has 0 aromatic carbocycles. The number of rotatable bonds is 2. The minimum atomic E-state index is -2.50. The molecule has 0 unspecified atom stereocenters. The molecular formula is C11H17F2N3. The van der Waals surface area contributed by atoms with Crippen LogP contribution in [-0.2, 0) is 5.66 Å². The standard InChI is InChI=1S/C11H17F2N3/c1-9-7-16(8-15-9)11(14-2)5-3-10(12,13)4-6-11/h7-8,14H,3-6H2,1-2H3. The van der Waals surface area contributed by atoms with Crippen LogP contribution in [0.1, 0.15) is 31.4 Å². The Balaban J connectivity index is 2.22. The van der Waals surface area contributed by atoms with Crippen molar-refractivity contribution in [3.8, 4) is 0 Å². The Labute approximate surface area is 93.9 Å². The molecule has 1 aromatic rings. The summed E-state index contributed by atoms with van der Waals surface area (Å²) in [4.78, 5) is 4.16. The molecule has 0 aliphatic heterocycles. The fourth-order valence-corrected chi connectivity index (χ4v) is 2.32. The molecule has 1 aliphatic rings. The number of hydrogen-bond acceptors (Lipinski definition) is 2. The van der Waals surface area contributed by atoms with E-state index < -0.39 is 5.92 Å². The molecule has 0 atom stereocenters. The van der Waals surface area contributed by atoms with Crippen molar-refractivity contribution in [3.63, 3.8) is 0 Å². The van der Waals surface area contributed by atoms with E-state index in [0.29, 0.717) is 12.8 Å². The van der Waals surface area contributed by atoms with Crippen molar-refractivity contribution in [2.45, 2.75) is 44.2 Å². The lowest BCUT2D eigenvalue weighted by atomic mass is 9.86. The summed E-state index contributed by atoms with van der Waals surface area (Å²) in [6.45, 7) is 1.90. The summed E-state index contributed by atoms with van der Waals surface area (Å²) in [6.07, 6.45) is 4.37. The number of hydrogen-bond donors (Lipinski definition) is 1. The molecule has 3 nitrogen and oxygen atoms in total. The molecule has 1 fully saturated rings. The normalized spacial score (nSPS) is 23.2. The molecule has 90 valence electrons. The average Bonchev–Trinajstić information content (AvgIpc) is 2.66. The van der Waals surface area contributed by atoms with Gasteiger partial charge >= 0.3 is 0 Å². The molecule has 1 saturated carbocycles. The highest BCUT2D eigenvalue weighted by atomic mass is 19.3. The van der Waals surface area contributed by atoms with Crippen molar-refractivity contribution in [3.05, 3.63) is 18.2 Å². The summed E-state index contributed by atoms with van der Waals surface area (Å²) >= 11 is 0. The largest absolute Gasteiger partial charge is 0.318 e. The van der Waals surface area contributed by atoms with Gasteiger partial charge in [-0.2, -0.15) is 0 Å². The number of imidazole rings is 1. The predicted octanol–water partition coefficient (Wildman–Crippen LogP) is 2.27. The van der Waals surface area contributed by atoms with Gasteiger partial charge in [0.2, 0.25) is 5.92 Å². The number of nitrogens with one attached hydrogen (secondary N) is 1. The Bertz CT molecular complexity index is 363. The molecule has 1 heterocycles. The molecular weight excluding hydrogens is 212 g/mol. The fraction of sp³-hybridized carbons (Fsp3) is 0.727. The topological polar surface area (TPSA) is 29.9 Å². The van der Waals surface area contributed by atoms with Crippen LogP contribution in [0.25, 0.3) is 0 Å². The lowest BCUT2D eigenvalue weighted by Crippen LogP contribution is -2.49. The van der Waals surface area contributed by atoms with Crippen molar-refractivity contribution >= 4 is 0 Å².